The van der Waals surface area contributed by atoms with Gasteiger partial charge in [0.25, 0.3) is 0 Å². The summed E-state index contributed by atoms with van der Waals surface area (Å²) in [5.74, 6) is 1.50. The van der Waals surface area contributed by atoms with Gasteiger partial charge in [0.15, 0.2) is 5.65 Å². The first-order valence-corrected chi connectivity index (χ1v) is 10.7. The van der Waals surface area contributed by atoms with Gasteiger partial charge in [-0.2, -0.15) is 9.36 Å². The number of anilines is 2. The molecule has 0 radical (unpaired) electrons. The number of nitrogens with one attached hydrogen (secondary N) is 1. The van der Waals surface area contributed by atoms with Crippen LogP contribution in [0.15, 0.2) is 42.6 Å². The molecule has 4 heterocycles. The van der Waals surface area contributed by atoms with Gasteiger partial charge in [-0.05, 0) is 49.6 Å². The molecule has 5 rings (SSSR count). The van der Waals surface area contributed by atoms with Crippen molar-refractivity contribution in [3.8, 4) is 11.1 Å². The predicted molar refractivity (Wildman–Crippen MR) is 117 cm³/mol. The molecule has 0 bridgehead atoms. The zero-order valence-corrected chi connectivity index (χ0v) is 17.5. The van der Waals surface area contributed by atoms with Crippen LogP contribution in [-0.4, -0.2) is 43.1 Å². The fourth-order valence-corrected chi connectivity index (χ4v) is 4.58. The fourth-order valence-electron chi connectivity index (χ4n) is 3.66. The number of aryl methyl sites for hydroxylation is 1. The van der Waals surface area contributed by atoms with Crippen LogP contribution in [0, 0.1) is 6.92 Å². The lowest BCUT2D eigenvalue weighted by molar-refractivity contribution is 0.523. The van der Waals surface area contributed by atoms with E-state index in [1.54, 1.807) is 0 Å². The largest absolute Gasteiger partial charge is 0.350 e. The lowest BCUT2D eigenvalue weighted by atomic mass is 10.1. The van der Waals surface area contributed by atoms with E-state index >= 15 is 0 Å². The summed E-state index contributed by atoms with van der Waals surface area (Å²) in [6, 6.07) is 12.2. The average molecular weight is 426 g/mol. The smallest absolute Gasteiger partial charge is 0.243 e. The summed E-state index contributed by atoms with van der Waals surface area (Å²) in [7, 11) is 0. The van der Waals surface area contributed by atoms with Crippen molar-refractivity contribution in [3.63, 3.8) is 0 Å². The molecule has 1 aromatic carbocycles. The zero-order chi connectivity index (χ0) is 19.8. The van der Waals surface area contributed by atoms with Crippen LogP contribution >= 0.6 is 23.1 Å². The van der Waals surface area contributed by atoms with Crippen LogP contribution in [0.1, 0.15) is 18.7 Å². The highest BCUT2D eigenvalue weighted by molar-refractivity contribution is 7.09. The van der Waals surface area contributed by atoms with E-state index in [4.69, 9.17) is 16.6 Å². The summed E-state index contributed by atoms with van der Waals surface area (Å²) >= 11 is 7.64. The van der Waals surface area contributed by atoms with Crippen LogP contribution in [0.3, 0.4) is 0 Å². The molecule has 1 aliphatic rings. The molecule has 1 aliphatic heterocycles. The maximum Gasteiger partial charge on any atom is 0.243 e. The number of benzene rings is 1. The number of pyridine rings is 1. The summed E-state index contributed by atoms with van der Waals surface area (Å²) in [6.45, 7) is 3.84. The Labute approximate surface area is 177 Å². The Bertz CT molecular complexity index is 1150. The van der Waals surface area contributed by atoms with Crippen LogP contribution < -0.4 is 10.2 Å². The van der Waals surface area contributed by atoms with Crippen LogP contribution in [-0.2, 0) is 0 Å². The summed E-state index contributed by atoms with van der Waals surface area (Å²) in [4.78, 5) is 11.6. The van der Waals surface area contributed by atoms with Gasteiger partial charge < -0.3 is 10.2 Å². The van der Waals surface area contributed by atoms with Gasteiger partial charge >= 0.3 is 0 Å². The van der Waals surface area contributed by atoms with E-state index in [0.29, 0.717) is 17.0 Å². The topological polar surface area (TPSA) is 71.2 Å². The highest BCUT2D eigenvalue weighted by Crippen LogP contribution is 2.27. The monoisotopic (exact) mass is 425 g/mol. The number of hydrogen-bond acceptors (Lipinski definition) is 7. The minimum Gasteiger partial charge on any atom is -0.350 e. The van der Waals surface area contributed by atoms with Crippen molar-refractivity contribution >= 4 is 39.9 Å². The van der Waals surface area contributed by atoms with E-state index in [-0.39, 0.29) is 0 Å². The van der Waals surface area contributed by atoms with Crippen molar-refractivity contribution in [3.05, 3.63) is 53.4 Å². The number of hydrogen-bond donors (Lipinski definition) is 1. The standard InChI is InChI=1S/C20H20ClN7S/c1-13-22-20(29-26-13)27-10-7-16(8-11-27)23-19-24-18-17(6-3-9-28(18)25-19)14-4-2-5-15(21)12-14/h2-6,9,12,16H,7-8,10-11H2,1H3,(H,23,25). The minimum absolute atomic E-state index is 0.340. The van der Waals surface area contributed by atoms with Crippen LogP contribution in [0.4, 0.5) is 11.1 Å². The Hall–Kier alpha value is -2.71. The molecule has 1 N–H and O–H groups in total. The lowest BCUT2D eigenvalue weighted by Crippen LogP contribution is -2.39. The minimum atomic E-state index is 0.340. The first-order chi connectivity index (χ1) is 14.2. The molecule has 148 valence electrons. The third-order valence-electron chi connectivity index (χ3n) is 5.11. The Kier molecular flexibility index (Phi) is 4.81. The molecule has 0 aliphatic carbocycles. The van der Waals surface area contributed by atoms with E-state index in [2.05, 4.69) is 24.7 Å². The molecule has 0 spiro atoms. The van der Waals surface area contributed by atoms with Crippen LogP contribution in [0.2, 0.25) is 5.02 Å². The molecule has 0 saturated carbocycles. The molecule has 7 nitrogen and oxygen atoms in total. The Morgan fingerprint density at radius 2 is 2.00 bits per heavy atom. The number of halogens is 1. The van der Waals surface area contributed by atoms with Crippen molar-refractivity contribution in [1.82, 2.24) is 24.0 Å². The van der Waals surface area contributed by atoms with Crippen molar-refractivity contribution in [2.24, 2.45) is 0 Å². The summed E-state index contributed by atoms with van der Waals surface area (Å²) in [5, 5.41) is 9.85. The van der Waals surface area contributed by atoms with Crippen LogP contribution in [0.5, 0.6) is 0 Å². The molecule has 4 aromatic rings. The number of aromatic nitrogens is 5. The maximum atomic E-state index is 6.17. The predicted octanol–water partition coefficient (Wildman–Crippen LogP) is 4.29. The van der Waals surface area contributed by atoms with Crippen LogP contribution in [0.25, 0.3) is 16.8 Å². The average Bonchev–Trinajstić information content (AvgIpc) is 3.34. The number of fused-ring (bicyclic) bond motifs is 1. The van der Waals surface area contributed by atoms with Gasteiger partial charge in [0.2, 0.25) is 11.1 Å². The van der Waals surface area contributed by atoms with E-state index in [9.17, 15) is 0 Å². The van der Waals surface area contributed by atoms with Crippen molar-refractivity contribution in [2.75, 3.05) is 23.3 Å². The molecule has 29 heavy (non-hydrogen) atoms. The van der Waals surface area contributed by atoms with Crippen molar-refractivity contribution in [2.45, 2.75) is 25.8 Å². The van der Waals surface area contributed by atoms with Gasteiger partial charge in [0, 0.05) is 47.4 Å². The Balaban J connectivity index is 1.32. The summed E-state index contributed by atoms with van der Waals surface area (Å²) in [6.07, 6.45) is 3.94. The van der Waals surface area contributed by atoms with E-state index < -0.39 is 0 Å². The second-order valence-electron chi connectivity index (χ2n) is 7.17. The Morgan fingerprint density at radius 3 is 2.76 bits per heavy atom. The fraction of sp³-hybridized carbons (Fsp3) is 0.300. The van der Waals surface area contributed by atoms with Crippen molar-refractivity contribution < 1.29 is 0 Å². The summed E-state index contributed by atoms with van der Waals surface area (Å²) < 4.78 is 6.10. The van der Waals surface area contributed by atoms with Gasteiger partial charge in [0.05, 0.1) is 0 Å². The third kappa shape index (κ3) is 3.77. The second-order valence-corrected chi connectivity index (χ2v) is 8.33. The molecular formula is C20H20ClN7S. The zero-order valence-electron chi connectivity index (χ0n) is 15.9. The van der Waals surface area contributed by atoms with E-state index in [0.717, 1.165) is 53.7 Å². The molecule has 3 aromatic heterocycles. The highest BCUT2D eigenvalue weighted by atomic mass is 35.5. The molecule has 0 unspecified atom stereocenters. The highest BCUT2D eigenvalue weighted by Gasteiger charge is 2.22. The van der Waals surface area contributed by atoms with Gasteiger partial charge in [-0.1, -0.05) is 23.7 Å². The van der Waals surface area contributed by atoms with E-state index in [1.165, 1.54) is 11.5 Å². The molecule has 1 fully saturated rings. The molecule has 0 atom stereocenters. The summed E-state index contributed by atoms with van der Waals surface area (Å²) in [5.41, 5.74) is 2.86. The first-order valence-electron chi connectivity index (χ1n) is 9.59. The van der Waals surface area contributed by atoms with E-state index in [1.807, 2.05) is 54.0 Å². The third-order valence-corrected chi connectivity index (χ3v) is 6.22. The molecule has 1 saturated heterocycles. The number of nitrogens with zero attached hydrogens (tertiary/aromatic N) is 6. The first kappa shape index (κ1) is 18.3. The SMILES string of the molecule is Cc1nsc(N2CCC(Nc3nc4c(-c5cccc(Cl)c5)cccn4n3)CC2)n1. The van der Waals surface area contributed by atoms with Gasteiger partial charge in [-0.25, -0.2) is 9.50 Å². The molecule has 0 amide bonds. The van der Waals surface area contributed by atoms with Gasteiger partial charge in [0.1, 0.15) is 5.82 Å². The Morgan fingerprint density at radius 1 is 1.14 bits per heavy atom. The lowest BCUT2D eigenvalue weighted by Gasteiger charge is -2.31. The van der Waals surface area contributed by atoms with Gasteiger partial charge in [-0.15, -0.1) is 5.10 Å². The molecular weight excluding hydrogens is 406 g/mol. The number of piperidine rings is 1. The number of rotatable bonds is 4. The molecule has 9 heteroatoms. The maximum absolute atomic E-state index is 6.17. The van der Waals surface area contributed by atoms with Gasteiger partial charge in [-0.3, -0.25) is 0 Å². The quantitative estimate of drug-likeness (QED) is 0.526. The second kappa shape index (κ2) is 7.61. The van der Waals surface area contributed by atoms with Crippen molar-refractivity contribution in [1.29, 1.82) is 0 Å². The normalized spacial score (nSPS) is 15.2.